The van der Waals surface area contributed by atoms with Gasteiger partial charge in [0.05, 0.1) is 0 Å². The molecule has 0 aromatic carbocycles. The zero-order chi connectivity index (χ0) is 12.4. The topological polar surface area (TPSA) is 52.6 Å². The van der Waals surface area contributed by atoms with E-state index in [9.17, 15) is 9.90 Å². The van der Waals surface area contributed by atoms with Crippen molar-refractivity contribution in [1.29, 1.82) is 0 Å². The van der Waals surface area contributed by atoms with Crippen molar-refractivity contribution in [1.82, 2.24) is 10.2 Å². The standard InChI is InChI=1S/C13H24N2O2/c1-9(2)8-11(13(16)17)14-10-5-7-15-6-3-4-12(10)15/h9-12,14H,3-8H2,1-2H3,(H,16,17). The summed E-state index contributed by atoms with van der Waals surface area (Å²) in [5, 5.41) is 12.6. The van der Waals surface area contributed by atoms with E-state index in [1.54, 1.807) is 0 Å². The zero-order valence-electron chi connectivity index (χ0n) is 10.9. The number of rotatable bonds is 5. The molecule has 0 bridgehead atoms. The molecule has 17 heavy (non-hydrogen) atoms. The lowest BCUT2D eigenvalue weighted by Crippen LogP contribution is -2.48. The maximum atomic E-state index is 11.2. The molecule has 0 aromatic heterocycles. The number of fused-ring (bicyclic) bond motifs is 1. The predicted octanol–water partition coefficient (Wildman–Crippen LogP) is 1.31. The summed E-state index contributed by atoms with van der Waals surface area (Å²) in [5.74, 6) is -0.278. The molecule has 2 rings (SSSR count). The normalized spacial score (nSPS) is 30.8. The van der Waals surface area contributed by atoms with E-state index in [0.717, 1.165) is 19.4 Å². The lowest BCUT2D eigenvalue weighted by Gasteiger charge is -2.25. The number of carboxylic acids is 1. The molecule has 0 aliphatic carbocycles. The summed E-state index contributed by atoms with van der Waals surface area (Å²) in [6.07, 6.45) is 4.32. The molecule has 2 fully saturated rings. The first kappa shape index (κ1) is 12.8. The molecule has 98 valence electrons. The second-order valence-electron chi connectivity index (χ2n) is 5.83. The van der Waals surface area contributed by atoms with Crippen molar-refractivity contribution in [2.24, 2.45) is 5.92 Å². The third-order valence-electron chi connectivity index (χ3n) is 4.03. The van der Waals surface area contributed by atoms with E-state index in [2.05, 4.69) is 24.1 Å². The van der Waals surface area contributed by atoms with Crippen molar-refractivity contribution in [2.45, 2.75) is 57.7 Å². The first-order valence-electron chi connectivity index (χ1n) is 6.81. The maximum absolute atomic E-state index is 11.2. The molecular formula is C13H24N2O2. The van der Waals surface area contributed by atoms with Crippen LogP contribution in [0.15, 0.2) is 0 Å². The van der Waals surface area contributed by atoms with Gasteiger partial charge in [-0.1, -0.05) is 13.8 Å². The van der Waals surface area contributed by atoms with Crippen LogP contribution in [0.2, 0.25) is 0 Å². The van der Waals surface area contributed by atoms with Crippen LogP contribution in [0.25, 0.3) is 0 Å². The van der Waals surface area contributed by atoms with Gasteiger partial charge in [-0.05, 0) is 38.1 Å². The summed E-state index contributed by atoms with van der Waals surface area (Å²) in [6, 6.07) is 0.599. The van der Waals surface area contributed by atoms with Gasteiger partial charge in [-0.3, -0.25) is 15.0 Å². The minimum Gasteiger partial charge on any atom is -0.480 e. The fraction of sp³-hybridized carbons (Fsp3) is 0.923. The van der Waals surface area contributed by atoms with Crippen LogP contribution < -0.4 is 5.32 Å². The summed E-state index contributed by atoms with van der Waals surface area (Å²) >= 11 is 0. The highest BCUT2D eigenvalue weighted by molar-refractivity contribution is 5.73. The van der Waals surface area contributed by atoms with E-state index in [-0.39, 0.29) is 6.04 Å². The van der Waals surface area contributed by atoms with Gasteiger partial charge in [-0.25, -0.2) is 0 Å². The number of hydrogen-bond acceptors (Lipinski definition) is 3. The Morgan fingerprint density at radius 3 is 2.82 bits per heavy atom. The van der Waals surface area contributed by atoms with Gasteiger partial charge in [0, 0.05) is 18.6 Å². The van der Waals surface area contributed by atoms with Gasteiger partial charge >= 0.3 is 5.97 Å². The lowest BCUT2D eigenvalue weighted by molar-refractivity contribution is -0.140. The summed E-state index contributed by atoms with van der Waals surface area (Å²) in [7, 11) is 0. The molecule has 2 aliphatic rings. The number of carbonyl (C=O) groups is 1. The first-order chi connectivity index (χ1) is 8.08. The van der Waals surface area contributed by atoms with Gasteiger partial charge < -0.3 is 5.11 Å². The molecule has 2 aliphatic heterocycles. The van der Waals surface area contributed by atoms with Gasteiger partial charge in [0.15, 0.2) is 0 Å². The highest BCUT2D eigenvalue weighted by Crippen LogP contribution is 2.28. The van der Waals surface area contributed by atoms with Crippen molar-refractivity contribution in [3.8, 4) is 0 Å². The van der Waals surface area contributed by atoms with E-state index in [1.165, 1.54) is 19.4 Å². The third-order valence-corrected chi connectivity index (χ3v) is 4.03. The lowest BCUT2D eigenvalue weighted by atomic mass is 10.0. The molecule has 2 saturated heterocycles. The molecule has 2 N–H and O–H groups in total. The highest BCUT2D eigenvalue weighted by atomic mass is 16.4. The van der Waals surface area contributed by atoms with Crippen molar-refractivity contribution in [3.63, 3.8) is 0 Å². The van der Waals surface area contributed by atoms with E-state index in [4.69, 9.17) is 0 Å². The van der Waals surface area contributed by atoms with Gasteiger partial charge in [0.25, 0.3) is 0 Å². The average Bonchev–Trinajstić information content (AvgIpc) is 2.80. The summed E-state index contributed by atoms with van der Waals surface area (Å²) < 4.78 is 0. The van der Waals surface area contributed by atoms with Crippen molar-refractivity contribution in [2.75, 3.05) is 13.1 Å². The summed E-state index contributed by atoms with van der Waals surface area (Å²) in [5.41, 5.74) is 0. The molecule has 0 spiro atoms. The molecule has 3 atom stereocenters. The Kier molecular flexibility index (Phi) is 4.05. The Hall–Kier alpha value is -0.610. The van der Waals surface area contributed by atoms with Crippen LogP contribution in [0.3, 0.4) is 0 Å². The number of carboxylic acid groups (broad SMARTS) is 1. The Balaban J connectivity index is 1.91. The van der Waals surface area contributed by atoms with Crippen molar-refractivity contribution < 1.29 is 9.90 Å². The molecule has 0 saturated carbocycles. The SMILES string of the molecule is CC(C)CC(NC1CCN2CCCC12)C(=O)O. The minimum absolute atomic E-state index is 0.374. The van der Waals surface area contributed by atoms with E-state index < -0.39 is 5.97 Å². The van der Waals surface area contributed by atoms with Gasteiger partial charge in [0.2, 0.25) is 0 Å². The van der Waals surface area contributed by atoms with Crippen LogP contribution in [-0.4, -0.2) is 47.2 Å². The second kappa shape index (κ2) is 5.36. The van der Waals surface area contributed by atoms with Gasteiger partial charge in [-0.2, -0.15) is 0 Å². The monoisotopic (exact) mass is 240 g/mol. The predicted molar refractivity (Wildman–Crippen MR) is 67.0 cm³/mol. The van der Waals surface area contributed by atoms with Crippen LogP contribution in [-0.2, 0) is 4.79 Å². The Labute approximate surface area is 103 Å². The molecule has 2 heterocycles. The maximum Gasteiger partial charge on any atom is 0.320 e. The zero-order valence-corrected chi connectivity index (χ0v) is 10.9. The highest BCUT2D eigenvalue weighted by Gasteiger charge is 2.38. The fourth-order valence-corrected chi connectivity index (χ4v) is 3.25. The van der Waals surface area contributed by atoms with Crippen LogP contribution in [0.5, 0.6) is 0 Å². The number of hydrogen-bond donors (Lipinski definition) is 2. The Morgan fingerprint density at radius 2 is 2.18 bits per heavy atom. The van der Waals surface area contributed by atoms with Crippen molar-refractivity contribution >= 4 is 5.97 Å². The molecule has 0 amide bonds. The molecule has 4 nitrogen and oxygen atoms in total. The summed E-state index contributed by atoms with van der Waals surface area (Å²) in [4.78, 5) is 13.7. The minimum atomic E-state index is -0.699. The first-order valence-corrected chi connectivity index (χ1v) is 6.81. The molecule has 0 aromatic rings. The molecule has 3 unspecified atom stereocenters. The van der Waals surface area contributed by atoms with Crippen LogP contribution in [0.4, 0.5) is 0 Å². The van der Waals surface area contributed by atoms with Crippen LogP contribution in [0.1, 0.15) is 39.5 Å². The molecule has 4 heteroatoms. The van der Waals surface area contributed by atoms with Crippen LogP contribution in [0, 0.1) is 5.92 Å². The van der Waals surface area contributed by atoms with Crippen molar-refractivity contribution in [3.05, 3.63) is 0 Å². The third kappa shape index (κ3) is 2.99. The average molecular weight is 240 g/mol. The largest absolute Gasteiger partial charge is 0.480 e. The fourth-order valence-electron chi connectivity index (χ4n) is 3.25. The summed E-state index contributed by atoms with van der Waals surface area (Å²) in [6.45, 7) is 6.49. The molecular weight excluding hydrogens is 216 g/mol. The Morgan fingerprint density at radius 1 is 1.41 bits per heavy atom. The van der Waals surface area contributed by atoms with E-state index in [1.807, 2.05) is 0 Å². The van der Waals surface area contributed by atoms with E-state index in [0.29, 0.717) is 18.0 Å². The van der Waals surface area contributed by atoms with Crippen LogP contribution >= 0.6 is 0 Å². The number of nitrogens with one attached hydrogen (secondary N) is 1. The number of aliphatic carboxylic acids is 1. The van der Waals surface area contributed by atoms with E-state index >= 15 is 0 Å². The Bertz CT molecular complexity index is 281. The molecule has 0 radical (unpaired) electrons. The quantitative estimate of drug-likeness (QED) is 0.761. The second-order valence-corrected chi connectivity index (χ2v) is 5.83. The number of nitrogens with zero attached hydrogens (tertiary/aromatic N) is 1. The smallest absolute Gasteiger partial charge is 0.320 e. The van der Waals surface area contributed by atoms with Gasteiger partial charge in [-0.15, -0.1) is 0 Å². The van der Waals surface area contributed by atoms with Gasteiger partial charge in [0.1, 0.15) is 6.04 Å².